The molecule has 2 aromatic rings. The van der Waals surface area contributed by atoms with Crippen LogP contribution in [0.3, 0.4) is 0 Å². The molecule has 2 aliphatic heterocycles. The van der Waals surface area contributed by atoms with Crippen molar-refractivity contribution in [3.63, 3.8) is 0 Å². The fourth-order valence-electron chi connectivity index (χ4n) is 2.75. The lowest BCUT2D eigenvalue weighted by atomic mass is 10.2. The Morgan fingerprint density at radius 2 is 1.82 bits per heavy atom. The average molecular weight is 295 g/mol. The number of para-hydroxylation sites is 2. The number of H-pyrrole nitrogens is 1. The van der Waals surface area contributed by atoms with Gasteiger partial charge in [-0.15, -0.1) is 0 Å². The van der Waals surface area contributed by atoms with Gasteiger partial charge in [0.1, 0.15) is 5.52 Å². The number of hydrogen-bond acceptors (Lipinski definition) is 4. The van der Waals surface area contributed by atoms with Crippen molar-refractivity contribution in [2.75, 3.05) is 14.2 Å². The van der Waals surface area contributed by atoms with Crippen LogP contribution < -0.4 is 14.2 Å². The first kappa shape index (κ1) is 12.7. The molecule has 0 saturated heterocycles. The molecule has 0 spiro atoms. The van der Waals surface area contributed by atoms with E-state index in [1.54, 1.807) is 32.4 Å². The number of nitrogens with one attached hydrogen (secondary N) is 1. The smallest absolute Gasteiger partial charge is 0.269 e. The zero-order valence-electron chi connectivity index (χ0n) is 12.1. The second-order valence-corrected chi connectivity index (χ2v) is 4.97. The van der Waals surface area contributed by atoms with Gasteiger partial charge in [-0.05, 0) is 6.07 Å². The summed E-state index contributed by atoms with van der Waals surface area (Å²) in [7, 11) is 3.13. The average Bonchev–Trinajstić information content (AvgIpc) is 2.90. The lowest BCUT2D eigenvalue weighted by Crippen LogP contribution is -2.31. The van der Waals surface area contributed by atoms with Gasteiger partial charge in [0, 0.05) is 18.2 Å². The highest BCUT2D eigenvalue weighted by Crippen LogP contribution is 2.36. The van der Waals surface area contributed by atoms with Crippen LogP contribution in [0.15, 0.2) is 36.4 Å². The van der Waals surface area contributed by atoms with Crippen molar-refractivity contribution < 1.29 is 14.2 Å². The largest absolute Gasteiger partial charge is 0.618 e. The summed E-state index contributed by atoms with van der Waals surface area (Å²) in [6.45, 7) is 0. The van der Waals surface area contributed by atoms with E-state index >= 15 is 0 Å². The van der Waals surface area contributed by atoms with E-state index in [0.29, 0.717) is 34.1 Å². The highest BCUT2D eigenvalue weighted by Gasteiger charge is 2.25. The maximum atomic E-state index is 12.7. The van der Waals surface area contributed by atoms with Gasteiger partial charge < -0.3 is 19.7 Å². The molecule has 1 N–H and O–H groups in total. The number of nitrogens with zero attached hydrogens (tertiary/aromatic N) is 2. The number of rotatable bonds is 2. The van der Waals surface area contributed by atoms with Crippen molar-refractivity contribution in [1.29, 1.82) is 0 Å². The van der Waals surface area contributed by atoms with Crippen LogP contribution in [0.1, 0.15) is 0 Å². The molecule has 6 nitrogen and oxygen atoms in total. The van der Waals surface area contributed by atoms with Crippen molar-refractivity contribution in [2.45, 2.75) is 0 Å². The molecular weight excluding hydrogens is 282 g/mol. The van der Waals surface area contributed by atoms with Crippen molar-refractivity contribution in [3.05, 3.63) is 41.6 Å². The Morgan fingerprint density at radius 3 is 2.59 bits per heavy atom. The van der Waals surface area contributed by atoms with Crippen LogP contribution in [-0.4, -0.2) is 24.2 Å². The van der Waals surface area contributed by atoms with Gasteiger partial charge in [0.05, 0.1) is 25.1 Å². The Balaban J connectivity index is 2.17. The van der Waals surface area contributed by atoms with E-state index in [4.69, 9.17) is 9.47 Å². The Labute approximate surface area is 125 Å². The number of hydrogen-bond donors (Lipinski definition) is 1. The molecule has 0 radical (unpaired) electrons. The summed E-state index contributed by atoms with van der Waals surface area (Å²) in [5.41, 5.74) is 2.49. The molecule has 0 aromatic heterocycles. The van der Waals surface area contributed by atoms with E-state index in [1.165, 1.54) is 0 Å². The Kier molecular flexibility index (Phi) is 2.59. The molecule has 0 fully saturated rings. The van der Waals surface area contributed by atoms with Crippen molar-refractivity contribution in [1.82, 2.24) is 9.97 Å². The van der Waals surface area contributed by atoms with Gasteiger partial charge in [0.15, 0.2) is 11.5 Å². The topological polar surface area (TPSA) is 74.1 Å². The van der Waals surface area contributed by atoms with Gasteiger partial charge >= 0.3 is 0 Å². The highest BCUT2D eigenvalue weighted by atomic mass is 16.5. The number of aromatic nitrogens is 3. The van der Waals surface area contributed by atoms with Gasteiger partial charge in [-0.1, -0.05) is 12.1 Å². The predicted octanol–water partition coefficient (Wildman–Crippen LogP) is 2.47. The summed E-state index contributed by atoms with van der Waals surface area (Å²) in [6.07, 6.45) is 0. The third-order valence-corrected chi connectivity index (χ3v) is 3.79. The number of methoxy groups -OCH3 is 2. The quantitative estimate of drug-likeness (QED) is 0.455. The van der Waals surface area contributed by atoms with Crippen LogP contribution in [0.25, 0.3) is 33.5 Å². The lowest BCUT2D eigenvalue weighted by molar-refractivity contribution is -0.564. The molecular formula is C16H13N3O3. The van der Waals surface area contributed by atoms with E-state index in [0.717, 1.165) is 15.6 Å². The minimum Gasteiger partial charge on any atom is -0.618 e. The van der Waals surface area contributed by atoms with Crippen molar-refractivity contribution >= 4 is 21.9 Å². The maximum Gasteiger partial charge on any atom is 0.269 e. The van der Waals surface area contributed by atoms with E-state index in [-0.39, 0.29) is 0 Å². The van der Waals surface area contributed by atoms with Crippen molar-refractivity contribution in [3.8, 4) is 23.0 Å². The van der Waals surface area contributed by atoms with Crippen LogP contribution in [0, 0.1) is 5.21 Å². The number of benzene rings is 2. The van der Waals surface area contributed by atoms with Gasteiger partial charge in [-0.25, -0.2) is 4.98 Å². The van der Waals surface area contributed by atoms with Crippen LogP contribution in [0.4, 0.5) is 0 Å². The summed E-state index contributed by atoms with van der Waals surface area (Å²) < 4.78 is 11.5. The summed E-state index contributed by atoms with van der Waals surface area (Å²) in [5, 5.41) is 13.4. The van der Waals surface area contributed by atoms with E-state index in [2.05, 4.69) is 9.97 Å². The molecule has 0 saturated carbocycles. The predicted molar refractivity (Wildman–Crippen MR) is 82.3 cm³/mol. The second-order valence-electron chi connectivity index (χ2n) is 4.97. The first-order valence-corrected chi connectivity index (χ1v) is 6.78. The first-order valence-electron chi connectivity index (χ1n) is 6.78. The zero-order chi connectivity index (χ0) is 15.3. The highest BCUT2D eigenvalue weighted by molar-refractivity contribution is 5.96. The first-order chi connectivity index (χ1) is 10.7. The Bertz CT molecular complexity index is 977. The monoisotopic (exact) mass is 295 g/mol. The molecule has 0 aliphatic carbocycles. The maximum absolute atomic E-state index is 12.7. The molecule has 0 unspecified atom stereocenters. The molecule has 0 amide bonds. The number of ether oxygens (including phenoxy) is 2. The molecule has 4 rings (SSSR count). The number of fused-ring (bicyclic) bond motifs is 4. The summed E-state index contributed by atoms with van der Waals surface area (Å²) in [4.78, 5) is 7.70. The van der Waals surface area contributed by atoms with E-state index in [9.17, 15) is 5.21 Å². The Morgan fingerprint density at radius 1 is 1.09 bits per heavy atom. The molecule has 2 heterocycles. The molecule has 0 atom stereocenters. The zero-order valence-corrected chi connectivity index (χ0v) is 12.1. The number of aromatic amines is 1. The molecule has 2 aliphatic rings. The second kappa shape index (κ2) is 4.49. The molecule has 22 heavy (non-hydrogen) atoms. The van der Waals surface area contributed by atoms with Crippen molar-refractivity contribution in [2.24, 2.45) is 0 Å². The summed E-state index contributed by atoms with van der Waals surface area (Å²) in [5.74, 6) is 1.69. The van der Waals surface area contributed by atoms with Gasteiger partial charge in [0.2, 0.25) is 11.3 Å². The van der Waals surface area contributed by atoms with Crippen LogP contribution in [0.2, 0.25) is 0 Å². The molecule has 0 bridgehead atoms. The summed E-state index contributed by atoms with van der Waals surface area (Å²) >= 11 is 0. The van der Waals surface area contributed by atoms with E-state index < -0.39 is 0 Å². The standard InChI is InChI=1S/C16H13N3O3/c1-21-13-7-9-11(8-14(13)22-2)18-16-15(9)19(20)12-6-4-3-5-10(12)17-16/h3-8H,1-2H3,(H,17,18). The van der Waals surface area contributed by atoms with Crippen LogP contribution in [-0.2, 0) is 0 Å². The Hall–Kier alpha value is -3.02. The molecule has 110 valence electrons. The van der Waals surface area contributed by atoms with E-state index in [1.807, 2.05) is 18.2 Å². The lowest BCUT2D eigenvalue weighted by Gasteiger charge is -2.08. The fraction of sp³-hybridized carbons (Fsp3) is 0.125. The molecule has 6 heteroatoms. The third kappa shape index (κ3) is 1.60. The summed E-state index contributed by atoms with van der Waals surface area (Å²) in [6, 6.07) is 10.9. The minimum atomic E-state index is 0.495. The SMILES string of the molecule is COc1cc2nc3[nH]c4ccccc4[n+]([O-])c-3c2cc1OC. The van der Waals surface area contributed by atoms with Crippen LogP contribution >= 0.6 is 0 Å². The van der Waals surface area contributed by atoms with Gasteiger partial charge in [-0.2, -0.15) is 4.73 Å². The van der Waals surface area contributed by atoms with Gasteiger partial charge in [0.25, 0.3) is 5.69 Å². The fourth-order valence-corrected chi connectivity index (χ4v) is 2.75. The minimum absolute atomic E-state index is 0.495. The van der Waals surface area contributed by atoms with Gasteiger partial charge in [-0.3, -0.25) is 0 Å². The normalized spacial score (nSPS) is 11.4. The third-order valence-electron chi connectivity index (χ3n) is 3.79. The van der Waals surface area contributed by atoms with Crippen LogP contribution in [0.5, 0.6) is 11.5 Å². The molecule has 2 aromatic carbocycles.